The molecule has 84 valence electrons. The monoisotopic (exact) mass is 240 g/mol. The van der Waals surface area contributed by atoms with E-state index >= 15 is 0 Å². The highest BCUT2D eigenvalue weighted by Gasteiger charge is 2.05. The number of halogens is 2. The lowest BCUT2D eigenvalue weighted by Gasteiger charge is -2.05. The number of hydrogen-bond acceptors (Lipinski definition) is 2. The molecule has 2 aromatic rings. The minimum atomic E-state index is -2.38. The van der Waals surface area contributed by atoms with Gasteiger partial charge in [-0.15, -0.1) is 0 Å². The molecule has 2 aromatic carbocycles. The molecule has 0 fully saturated rings. The van der Waals surface area contributed by atoms with Gasteiger partial charge in [-0.25, -0.2) is 0 Å². The number of methoxy groups -OCH3 is 1. The third-order valence-electron chi connectivity index (χ3n) is 2.24. The van der Waals surface area contributed by atoms with Crippen LogP contribution < -0.4 is 4.74 Å². The zero-order chi connectivity index (χ0) is 11.5. The summed E-state index contributed by atoms with van der Waals surface area (Å²) in [5.74, 6) is -1.61. The third kappa shape index (κ3) is 2.44. The largest absolute Gasteiger partial charge is 0.497 e. The van der Waals surface area contributed by atoms with E-state index in [1.54, 1.807) is 19.2 Å². The summed E-state index contributed by atoms with van der Waals surface area (Å²) in [6.07, 6.45) is 0. The Morgan fingerprint density at radius 3 is 2.44 bits per heavy atom. The number of thioether (sulfide) groups is 1. The topological polar surface area (TPSA) is 9.23 Å². The summed E-state index contributed by atoms with van der Waals surface area (Å²) in [5.41, 5.74) is 0. The molecule has 0 unspecified atom stereocenters. The Hall–Kier alpha value is -1.29. The molecule has 4 heteroatoms. The van der Waals surface area contributed by atoms with E-state index < -0.39 is 5.76 Å². The van der Waals surface area contributed by atoms with Crippen molar-refractivity contribution in [2.45, 2.75) is 10.7 Å². The van der Waals surface area contributed by atoms with Gasteiger partial charge < -0.3 is 4.74 Å². The van der Waals surface area contributed by atoms with Gasteiger partial charge >= 0.3 is 0 Å². The molecular formula is C12H10F2OS. The van der Waals surface area contributed by atoms with Gasteiger partial charge in [0.1, 0.15) is 5.75 Å². The number of ether oxygens (including phenoxy) is 1. The molecule has 0 spiro atoms. The first-order valence-corrected chi connectivity index (χ1v) is 5.59. The van der Waals surface area contributed by atoms with Crippen LogP contribution in [0.4, 0.5) is 8.78 Å². The minimum Gasteiger partial charge on any atom is -0.497 e. The number of benzene rings is 2. The fourth-order valence-corrected chi connectivity index (χ4v) is 2.05. The van der Waals surface area contributed by atoms with Gasteiger partial charge in [0.25, 0.3) is 5.76 Å². The van der Waals surface area contributed by atoms with Crippen LogP contribution in [0, 0.1) is 0 Å². The molecule has 0 aromatic heterocycles. The average Bonchev–Trinajstić information content (AvgIpc) is 2.27. The van der Waals surface area contributed by atoms with E-state index in [-0.39, 0.29) is 0 Å². The van der Waals surface area contributed by atoms with E-state index in [9.17, 15) is 8.78 Å². The van der Waals surface area contributed by atoms with Crippen molar-refractivity contribution < 1.29 is 13.5 Å². The summed E-state index contributed by atoms with van der Waals surface area (Å²) in [5, 5.41) is 1.92. The predicted octanol–water partition coefficient (Wildman–Crippen LogP) is 4.16. The van der Waals surface area contributed by atoms with E-state index in [0.717, 1.165) is 16.5 Å². The second kappa shape index (κ2) is 4.70. The van der Waals surface area contributed by atoms with Crippen LogP contribution in [0.5, 0.6) is 5.75 Å². The third-order valence-corrected chi connectivity index (χ3v) is 2.95. The second-order valence-corrected chi connectivity index (χ2v) is 4.32. The van der Waals surface area contributed by atoms with Crippen molar-refractivity contribution in [3.63, 3.8) is 0 Å². The van der Waals surface area contributed by atoms with Crippen LogP contribution in [-0.4, -0.2) is 12.9 Å². The normalized spacial score (nSPS) is 11.0. The van der Waals surface area contributed by atoms with Crippen LogP contribution in [0.1, 0.15) is 0 Å². The molecular weight excluding hydrogens is 230 g/mol. The highest BCUT2D eigenvalue weighted by atomic mass is 32.2. The summed E-state index contributed by atoms with van der Waals surface area (Å²) >= 11 is 0.559. The van der Waals surface area contributed by atoms with Crippen LogP contribution in [0.25, 0.3) is 10.8 Å². The molecule has 0 aliphatic heterocycles. The van der Waals surface area contributed by atoms with Gasteiger partial charge in [0, 0.05) is 4.90 Å². The molecule has 0 radical (unpaired) electrons. The average molecular weight is 240 g/mol. The standard InChI is InChI=1S/C12H10F2OS/c1-15-10-4-2-9-7-11(16-12(13)14)5-3-8(9)6-10/h2-7,12H,1H3. The molecule has 0 atom stereocenters. The zero-order valence-corrected chi connectivity index (χ0v) is 9.43. The van der Waals surface area contributed by atoms with Crippen LogP contribution >= 0.6 is 11.8 Å². The predicted molar refractivity (Wildman–Crippen MR) is 62.4 cm³/mol. The van der Waals surface area contributed by atoms with Gasteiger partial charge in [0.2, 0.25) is 0 Å². The summed E-state index contributed by atoms with van der Waals surface area (Å²) < 4.78 is 29.5. The van der Waals surface area contributed by atoms with Gasteiger partial charge in [-0.3, -0.25) is 0 Å². The Morgan fingerprint density at radius 1 is 1.06 bits per heavy atom. The van der Waals surface area contributed by atoms with Gasteiger partial charge in [-0.05, 0) is 35.0 Å². The van der Waals surface area contributed by atoms with Crippen LogP contribution in [0.15, 0.2) is 41.3 Å². The van der Waals surface area contributed by atoms with Crippen molar-refractivity contribution in [3.8, 4) is 5.75 Å². The summed E-state index contributed by atoms with van der Waals surface area (Å²) in [6.45, 7) is 0. The maximum atomic E-state index is 12.2. The fourth-order valence-electron chi connectivity index (χ4n) is 1.51. The Morgan fingerprint density at radius 2 is 1.75 bits per heavy atom. The van der Waals surface area contributed by atoms with Gasteiger partial charge in [0.15, 0.2) is 0 Å². The van der Waals surface area contributed by atoms with Gasteiger partial charge in [0.05, 0.1) is 7.11 Å². The van der Waals surface area contributed by atoms with Crippen LogP contribution in [0.3, 0.4) is 0 Å². The van der Waals surface area contributed by atoms with Gasteiger partial charge in [-0.1, -0.05) is 23.9 Å². The van der Waals surface area contributed by atoms with Crippen molar-refractivity contribution in [2.24, 2.45) is 0 Å². The van der Waals surface area contributed by atoms with E-state index in [2.05, 4.69) is 0 Å². The molecule has 0 bridgehead atoms. The summed E-state index contributed by atoms with van der Waals surface area (Å²) in [7, 11) is 1.60. The first-order chi connectivity index (χ1) is 7.69. The molecule has 0 aliphatic rings. The van der Waals surface area contributed by atoms with Crippen molar-refractivity contribution in [1.82, 2.24) is 0 Å². The van der Waals surface area contributed by atoms with Gasteiger partial charge in [-0.2, -0.15) is 8.78 Å². The van der Waals surface area contributed by atoms with Crippen molar-refractivity contribution >= 4 is 22.5 Å². The Kier molecular flexibility index (Phi) is 3.29. The SMILES string of the molecule is COc1ccc2cc(SC(F)F)ccc2c1. The molecule has 0 saturated carbocycles. The quantitative estimate of drug-likeness (QED) is 0.745. The lowest BCUT2D eigenvalue weighted by Crippen LogP contribution is -1.84. The molecule has 16 heavy (non-hydrogen) atoms. The second-order valence-electron chi connectivity index (χ2n) is 3.25. The highest BCUT2D eigenvalue weighted by Crippen LogP contribution is 2.29. The minimum absolute atomic E-state index is 0.559. The van der Waals surface area contributed by atoms with Crippen LogP contribution in [0.2, 0.25) is 0 Å². The van der Waals surface area contributed by atoms with Crippen LogP contribution in [-0.2, 0) is 0 Å². The van der Waals surface area contributed by atoms with E-state index in [0.29, 0.717) is 16.7 Å². The zero-order valence-electron chi connectivity index (χ0n) is 8.61. The van der Waals surface area contributed by atoms with E-state index in [4.69, 9.17) is 4.74 Å². The molecule has 1 nitrogen and oxygen atoms in total. The smallest absolute Gasteiger partial charge is 0.288 e. The number of rotatable bonds is 3. The van der Waals surface area contributed by atoms with E-state index in [1.165, 1.54) is 0 Å². The number of alkyl halides is 2. The molecule has 0 N–H and O–H groups in total. The first kappa shape index (κ1) is 11.2. The molecule has 2 rings (SSSR count). The Bertz CT molecular complexity index is 499. The maximum absolute atomic E-state index is 12.2. The lowest BCUT2D eigenvalue weighted by atomic mass is 10.1. The number of fused-ring (bicyclic) bond motifs is 1. The molecule has 0 aliphatic carbocycles. The summed E-state index contributed by atoms with van der Waals surface area (Å²) in [4.78, 5) is 0.577. The summed E-state index contributed by atoms with van der Waals surface area (Å²) in [6, 6.07) is 10.8. The highest BCUT2D eigenvalue weighted by molar-refractivity contribution is 7.99. The Labute approximate surface area is 96.4 Å². The fraction of sp³-hybridized carbons (Fsp3) is 0.167. The van der Waals surface area contributed by atoms with Crippen molar-refractivity contribution in [2.75, 3.05) is 7.11 Å². The van der Waals surface area contributed by atoms with Crippen molar-refractivity contribution in [1.29, 1.82) is 0 Å². The maximum Gasteiger partial charge on any atom is 0.288 e. The first-order valence-electron chi connectivity index (χ1n) is 4.71. The molecule has 0 heterocycles. The molecule has 0 saturated heterocycles. The van der Waals surface area contributed by atoms with Crippen molar-refractivity contribution in [3.05, 3.63) is 36.4 Å². The number of hydrogen-bond donors (Lipinski definition) is 0. The molecule has 0 amide bonds. The lowest BCUT2D eigenvalue weighted by molar-refractivity contribution is 0.252. The Balaban J connectivity index is 2.39. The van der Waals surface area contributed by atoms with E-state index in [1.807, 2.05) is 24.3 Å².